The van der Waals surface area contributed by atoms with Gasteiger partial charge in [-0.3, -0.25) is 4.99 Å². The second kappa shape index (κ2) is 6.79. The Bertz CT molecular complexity index is 718. The number of nitrogens with one attached hydrogen (secondary N) is 1. The van der Waals surface area contributed by atoms with Gasteiger partial charge < -0.3 is 10.1 Å². The van der Waals surface area contributed by atoms with E-state index in [-0.39, 0.29) is 6.04 Å². The molecule has 0 fully saturated rings. The van der Waals surface area contributed by atoms with Gasteiger partial charge in [-0.15, -0.1) is 0 Å². The molecule has 1 atom stereocenters. The average Bonchev–Trinajstić information content (AvgIpc) is 2.98. The number of hydrogen-bond donors (Lipinski definition) is 1. The molecule has 6 heteroatoms. The van der Waals surface area contributed by atoms with Gasteiger partial charge in [0.25, 0.3) is 0 Å². The predicted molar refractivity (Wildman–Crippen MR) is 95.7 cm³/mol. The number of anilines is 1. The van der Waals surface area contributed by atoms with Gasteiger partial charge in [0.1, 0.15) is 20.8 Å². The molecule has 4 nitrogen and oxygen atoms in total. The summed E-state index contributed by atoms with van der Waals surface area (Å²) >= 11 is 6.81. The summed E-state index contributed by atoms with van der Waals surface area (Å²) in [6.45, 7) is 0. The van der Waals surface area contributed by atoms with Gasteiger partial charge in [-0.2, -0.15) is 0 Å². The van der Waals surface area contributed by atoms with Crippen LogP contribution in [0.2, 0.25) is 0 Å². The molecule has 1 aliphatic heterocycles. The largest absolute Gasteiger partial charge is 0.496 e. The number of pyridine rings is 1. The lowest BCUT2D eigenvalue weighted by Crippen LogP contribution is -2.09. The van der Waals surface area contributed by atoms with Gasteiger partial charge in [-0.1, -0.05) is 18.2 Å². The van der Waals surface area contributed by atoms with E-state index in [9.17, 15) is 0 Å². The maximum absolute atomic E-state index is 5.43. The third-order valence-corrected chi connectivity index (χ3v) is 4.60. The Morgan fingerprint density at radius 2 is 2.00 bits per heavy atom. The van der Waals surface area contributed by atoms with Crippen LogP contribution in [0.15, 0.2) is 50.6 Å². The molecule has 1 aromatic carbocycles. The molecule has 0 saturated heterocycles. The Kier molecular flexibility index (Phi) is 4.78. The van der Waals surface area contributed by atoms with Gasteiger partial charge in [-0.05, 0) is 56.5 Å². The normalized spacial score (nSPS) is 17.2. The van der Waals surface area contributed by atoms with Crippen molar-refractivity contribution < 1.29 is 4.74 Å². The third-order valence-electron chi connectivity index (χ3n) is 3.56. The van der Waals surface area contributed by atoms with E-state index in [0.717, 1.165) is 44.9 Å². The molecule has 0 aliphatic carbocycles. The molecule has 0 radical (unpaired) electrons. The van der Waals surface area contributed by atoms with Crippen molar-refractivity contribution in [2.45, 2.75) is 18.9 Å². The topological polar surface area (TPSA) is 46.5 Å². The molecule has 114 valence electrons. The minimum absolute atomic E-state index is 0.140. The molecular formula is C16H15Br2N3O. The third kappa shape index (κ3) is 3.33. The van der Waals surface area contributed by atoms with E-state index < -0.39 is 0 Å². The summed E-state index contributed by atoms with van der Waals surface area (Å²) in [6, 6.07) is 12.1. The van der Waals surface area contributed by atoms with E-state index in [2.05, 4.69) is 48.2 Å². The zero-order valence-electron chi connectivity index (χ0n) is 12.0. The van der Waals surface area contributed by atoms with Crippen LogP contribution in [0, 0.1) is 0 Å². The van der Waals surface area contributed by atoms with Crippen LogP contribution in [-0.4, -0.2) is 17.9 Å². The molecule has 1 N–H and O–H groups in total. The van der Waals surface area contributed by atoms with Crippen LogP contribution in [-0.2, 0) is 0 Å². The standard InChI is InChI=1S/C16H15Br2N3O/c1-22-13-5-3-2-4-10(13)11-7-9-15(19-11)20-12-6-8-14(17)21-16(12)18/h2-6,8,11H,7,9H2,1H3,(H,19,20). The Morgan fingerprint density at radius 3 is 2.77 bits per heavy atom. The average molecular weight is 425 g/mol. The van der Waals surface area contributed by atoms with E-state index in [1.165, 1.54) is 0 Å². The summed E-state index contributed by atoms with van der Waals surface area (Å²) in [7, 11) is 1.70. The van der Waals surface area contributed by atoms with E-state index >= 15 is 0 Å². The number of rotatable bonds is 3. The number of aliphatic imine (C=N–C) groups is 1. The Morgan fingerprint density at radius 1 is 1.18 bits per heavy atom. The second-order valence-corrected chi connectivity index (χ2v) is 6.53. The Hall–Kier alpha value is -1.40. The van der Waals surface area contributed by atoms with Gasteiger partial charge in [0, 0.05) is 12.0 Å². The van der Waals surface area contributed by atoms with Crippen molar-refractivity contribution in [2.24, 2.45) is 4.99 Å². The molecule has 0 saturated carbocycles. The highest BCUT2D eigenvalue weighted by atomic mass is 79.9. The van der Waals surface area contributed by atoms with Crippen LogP contribution < -0.4 is 10.1 Å². The maximum Gasteiger partial charge on any atom is 0.130 e. The number of nitrogens with zero attached hydrogens (tertiary/aromatic N) is 2. The highest BCUT2D eigenvalue weighted by Gasteiger charge is 2.22. The lowest BCUT2D eigenvalue weighted by atomic mass is 10.0. The van der Waals surface area contributed by atoms with Crippen LogP contribution in [0.5, 0.6) is 5.75 Å². The summed E-state index contributed by atoms with van der Waals surface area (Å²) in [6.07, 6.45) is 1.88. The van der Waals surface area contributed by atoms with E-state index in [0.29, 0.717) is 0 Å². The van der Waals surface area contributed by atoms with E-state index in [1.807, 2.05) is 30.3 Å². The molecule has 1 aliphatic rings. The number of aromatic nitrogens is 1. The molecular weight excluding hydrogens is 410 g/mol. The summed E-state index contributed by atoms with van der Waals surface area (Å²) in [5.74, 6) is 1.87. The summed E-state index contributed by atoms with van der Waals surface area (Å²) < 4.78 is 7.00. The van der Waals surface area contributed by atoms with Gasteiger partial charge in [0.15, 0.2) is 0 Å². The lowest BCUT2D eigenvalue weighted by molar-refractivity contribution is 0.405. The van der Waals surface area contributed by atoms with Crippen molar-refractivity contribution in [2.75, 3.05) is 12.4 Å². The van der Waals surface area contributed by atoms with Crippen molar-refractivity contribution in [3.63, 3.8) is 0 Å². The molecule has 1 aromatic heterocycles. The minimum Gasteiger partial charge on any atom is -0.496 e. The van der Waals surface area contributed by atoms with Crippen LogP contribution in [0.1, 0.15) is 24.4 Å². The van der Waals surface area contributed by atoms with Crippen LogP contribution in [0.25, 0.3) is 0 Å². The highest BCUT2D eigenvalue weighted by molar-refractivity contribution is 9.11. The molecule has 1 unspecified atom stereocenters. The van der Waals surface area contributed by atoms with E-state index in [1.54, 1.807) is 7.11 Å². The van der Waals surface area contributed by atoms with Crippen molar-refractivity contribution in [3.05, 3.63) is 51.2 Å². The number of ether oxygens (including phenoxy) is 1. The summed E-state index contributed by atoms with van der Waals surface area (Å²) in [5.41, 5.74) is 2.05. The number of hydrogen-bond acceptors (Lipinski definition) is 4. The first-order valence-corrected chi connectivity index (χ1v) is 8.54. The number of halogens is 2. The van der Waals surface area contributed by atoms with Crippen molar-refractivity contribution >= 4 is 43.4 Å². The van der Waals surface area contributed by atoms with Crippen molar-refractivity contribution in [1.82, 2.24) is 4.98 Å². The maximum atomic E-state index is 5.43. The number of para-hydroxylation sites is 1. The molecule has 0 spiro atoms. The first-order chi connectivity index (χ1) is 10.7. The fourth-order valence-electron chi connectivity index (χ4n) is 2.51. The highest BCUT2D eigenvalue weighted by Crippen LogP contribution is 2.35. The monoisotopic (exact) mass is 423 g/mol. The van der Waals surface area contributed by atoms with Gasteiger partial charge in [-0.25, -0.2) is 4.98 Å². The van der Waals surface area contributed by atoms with E-state index in [4.69, 9.17) is 9.73 Å². The quantitative estimate of drug-likeness (QED) is 0.708. The summed E-state index contributed by atoms with van der Waals surface area (Å²) in [5, 5.41) is 3.35. The Balaban J connectivity index is 1.79. The molecule has 2 aromatic rings. The summed E-state index contributed by atoms with van der Waals surface area (Å²) in [4.78, 5) is 9.11. The second-order valence-electron chi connectivity index (χ2n) is 4.97. The van der Waals surface area contributed by atoms with Gasteiger partial charge in [0.2, 0.25) is 0 Å². The number of methoxy groups -OCH3 is 1. The molecule has 3 rings (SSSR count). The Labute approximate surface area is 146 Å². The molecule has 0 amide bonds. The van der Waals surface area contributed by atoms with Gasteiger partial charge >= 0.3 is 0 Å². The fourth-order valence-corrected chi connectivity index (χ4v) is 3.48. The zero-order valence-corrected chi connectivity index (χ0v) is 15.2. The van der Waals surface area contributed by atoms with Crippen molar-refractivity contribution in [1.29, 1.82) is 0 Å². The number of benzene rings is 1. The zero-order chi connectivity index (χ0) is 15.5. The molecule has 0 bridgehead atoms. The van der Waals surface area contributed by atoms with Crippen LogP contribution in [0.3, 0.4) is 0 Å². The first kappa shape index (κ1) is 15.5. The molecule has 2 heterocycles. The van der Waals surface area contributed by atoms with Gasteiger partial charge in [0.05, 0.1) is 18.8 Å². The molecule has 22 heavy (non-hydrogen) atoms. The first-order valence-electron chi connectivity index (χ1n) is 6.96. The SMILES string of the molecule is COc1ccccc1C1CCC(Nc2ccc(Br)nc2Br)=N1. The van der Waals surface area contributed by atoms with Crippen molar-refractivity contribution in [3.8, 4) is 5.75 Å². The fraction of sp³-hybridized carbons (Fsp3) is 0.250. The lowest BCUT2D eigenvalue weighted by Gasteiger charge is -2.11. The number of amidine groups is 1. The minimum atomic E-state index is 0.140. The van der Waals surface area contributed by atoms with Crippen LogP contribution in [0.4, 0.5) is 5.69 Å². The predicted octanol–water partition coefficient (Wildman–Crippen LogP) is 4.96. The van der Waals surface area contributed by atoms with Crippen LogP contribution >= 0.6 is 31.9 Å². The smallest absolute Gasteiger partial charge is 0.130 e.